The zero-order valence-electron chi connectivity index (χ0n) is 25.2. The summed E-state index contributed by atoms with van der Waals surface area (Å²) in [5, 5.41) is 67.2. The summed E-state index contributed by atoms with van der Waals surface area (Å²) in [5.74, 6) is -1.02. The Hall–Kier alpha value is -3.80. The van der Waals surface area contributed by atoms with Crippen LogP contribution in [0.15, 0.2) is 99.8 Å². The fourth-order valence-corrected chi connectivity index (χ4v) is 8.65. The molecule has 4 aromatic rings. The molecule has 0 saturated carbocycles. The van der Waals surface area contributed by atoms with Crippen LogP contribution >= 0.6 is 47.0 Å². The van der Waals surface area contributed by atoms with Crippen molar-refractivity contribution in [2.24, 2.45) is 0 Å². The number of rotatable bonds is 2. The van der Waals surface area contributed by atoms with E-state index in [1.54, 1.807) is 36.4 Å². The maximum absolute atomic E-state index is 11.6. The van der Waals surface area contributed by atoms with Crippen LogP contribution in [0.5, 0.6) is 23.0 Å². The van der Waals surface area contributed by atoms with Gasteiger partial charge in [-0.2, -0.15) is 0 Å². The Kier molecular flexibility index (Phi) is 12.2. The molecule has 0 radical (unpaired) electrons. The van der Waals surface area contributed by atoms with Gasteiger partial charge in [0.2, 0.25) is 0 Å². The first kappa shape index (κ1) is 35.5. The Morgan fingerprint density at radius 1 is 0.479 bits per heavy atom. The van der Waals surface area contributed by atoms with Crippen LogP contribution in [-0.4, -0.2) is 56.7 Å². The van der Waals surface area contributed by atoms with Crippen molar-refractivity contribution in [1.82, 2.24) is 0 Å². The maximum atomic E-state index is 11.6. The Bertz CT molecular complexity index is 1580. The second-order valence-electron chi connectivity index (χ2n) is 10.3. The van der Waals surface area contributed by atoms with Crippen LogP contribution in [0, 0.1) is 20.2 Å². The van der Waals surface area contributed by atoms with E-state index < -0.39 is 9.85 Å². The van der Waals surface area contributed by atoms with Crippen LogP contribution in [0.3, 0.4) is 0 Å². The molecule has 0 aromatic heterocycles. The molecule has 4 N–H and O–H groups in total. The lowest BCUT2D eigenvalue weighted by Crippen LogP contribution is -1.92. The molecule has 0 atom stereocenters. The molecule has 7 rings (SSSR count). The summed E-state index contributed by atoms with van der Waals surface area (Å²) in [7, 11) is 0. The number of hydrogen-bond donors (Lipinski definition) is 4. The summed E-state index contributed by atoms with van der Waals surface area (Å²) < 4.78 is 9.89. The number of phenolic OH excluding ortho intramolecular Hbond substituents is 4. The minimum absolute atomic E-state index is 0.0942. The van der Waals surface area contributed by atoms with Gasteiger partial charge in [0, 0.05) is 50.7 Å². The monoisotopic (exact) mass is 730 g/mol. The van der Waals surface area contributed by atoms with Crippen molar-refractivity contribution in [2.75, 3.05) is 26.4 Å². The molecule has 4 aromatic carbocycles. The number of ether oxygens (including phenoxy) is 2. The highest BCUT2D eigenvalue weighted by molar-refractivity contribution is 8.01. The number of benzene rings is 4. The molecule has 3 aliphatic heterocycles. The van der Waals surface area contributed by atoms with Crippen LogP contribution in [-0.2, 0) is 9.47 Å². The topological polar surface area (TPSA) is 186 Å². The molecule has 3 heterocycles. The van der Waals surface area contributed by atoms with Gasteiger partial charge in [-0.15, -0.1) is 0 Å². The quantitative estimate of drug-likeness (QED) is 0.0997. The lowest BCUT2D eigenvalue weighted by Gasteiger charge is -2.15. The largest absolute Gasteiger partial charge is 0.506 e. The highest BCUT2D eigenvalue weighted by atomic mass is 32.2. The molecule has 8 bridgehead atoms. The van der Waals surface area contributed by atoms with E-state index in [9.17, 15) is 40.7 Å². The predicted octanol–water partition coefficient (Wildman–Crippen LogP) is 8.84. The predicted molar refractivity (Wildman–Crippen MR) is 182 cm³/mol. The minimum atomic E-state index is -0.605. The smallest absolute Gasteiger partial charge is 0.271 e. The first-order valence-electron chi connectivity index (χ1n) is 14.7. The SMILES string of the molecule is C1CCOC1.C1CCOC1.O=[N+]([O-])c1cc2c(O)c(c1)Sc1cccc(c1O)Sc1cc([N+](=O)[O-])cc(c1O)Sc1cccc(c1O)S2. The number of hydrogen-bond acceptors (Lipinski definition) is 14. The lowest BCUT2D eigenvalue weighted by molar-refractivity contribution is -0.385. The summed E-state index contributed by atoms with van der Waals surface area (Å²) in [6, 6.07) is 14.1. The third-order valence-electron chi connectivity index (χ3n) is 6.93. The fourth-order valence-electron chi connectivity index (χ4n) is 4.49. The zero-order chi connectivity index (χ0) is 34.2. The Morgan fingerprint density at radius 3 is 0.938 bits per heavy atom. The molecule has 16 heteroatoms. The van der Waals surface area contributed by atoms with Crippen LogP contribution in [0.1, 0.15) is 25.7 Å². The average molecular weight is 731 g/mol. The third kappa shape index (κ3) is 8.80. The maximum Gasteiger partial charge on any atom is 0.271 e. The molecule has 48 heavy (non-hydrogen) atoms. The highest BCUT2D eigenvalue weighted by Gasteiger charge is 2.24. The summed E-state index contributed by atoms with van der Waals surface area (Å²) in [5.41, 5.74) is -0.590. The minimum Gasteiger partial charge on any atom is -0.506 e. The van der Waals surface area contributed by atoms with Gasteiger partial charge in [-0.05, 0) is 49.9 Å². The van der Waals surface area contributed by atoms with Gasteiger partial charge in [0.05, 0.1) is 49.0 Å². The molecular weight excluding hydrogens is 701 g/mol. The van der Waals surface area contributed by atoms with Crippen molar-refractivity contribution in [3.8, 4) is 23.0 Å². The van der Waals surface area contributed by atoms with Crippen LogP contribution in [0.4, 0.5) is 11.4 Å². The third-order valence-corrected chi connectivity index (χ3v) is 11.3. The standard InChI is InChI=1S/C24H14N2O8S4.2C4H8O/c27-21-13-3-1-4-14(21)36-18-8-12(26(33)34)10-20(24(18)30)38-16-6-2-5-15(22(16)28)37-19-9-11(25(31)32)7-17(35-13)23(19)29;2*1-2-4-5-3-1/h1-10,27-30H;2*1-4H2. The lowest BCUT2D eigenvalue weighted by atomic mass is 10.3. The number of non-ortho nitro benzene ring substituents is 2. The Balaban J connectivity index is 0.000000384. The van der Waals surface area contributed by atoms with E-state index in [1.165, 1.54) is 49.9 Å². The number of para-hydroxylation sites is 2. The van der Waals surface area contributed by atoms with E-state index in [1.807, 2.05) is 0 Å². The van der Waals surface area contributed by atoms with E-state index in [-0.39, 0.29) is 73.5 Å². The molecule has 0 aliphatic carbocycles. The van der Waals surface area contributed by atoms with E-state index in [2.05, 4.69) is 0 Å². The summed E-state index contributed by atoms with van der Waals surface area (Å²) >= 11 is 3.54. The molecular formula is C32H30N2O10S4. The zero-order valence-corrected chi connectivity index (χ0v) is 28.5. The molecule has 12 nitrogen and oxygen atoms in total. The van der Waals surface area contributed by atoms with E-state index in [4.69, 9.17) is 9.47 Å². The molecule has 2 saturated heterocycles. The number of nitro groups is 2. The molecule has 2 fully saturated rings. The summed E-state index contributed by atoms with van der Waals surface area (Å²) in [6.45, 7) is 4.00. The van der Waals surface area contributed by atoms with Gasteiger partial charge in [-0.3, -0.25) is 20.2 Å². The van der Waals surface area contributed by atoms with Crippen molar-refractivity contribution in [3.63, 3.8) is 0 Å². The van der Waals surface area contributed by atoms with E-state index in [0.717, 1.165) is 73.5 Å². The van der Waals surface area contributed by atoms with Gasteiger partial charge in [0.25, 0.3) is 11.4 Å². The highest BCUT2D eigenvalue weighted by Crippen LogP contribution is 2.53. The van der Waals surface area contributed by atoms with Crippen molar-refractivity contribution < 1.29 is 39.7 Å². The first-order chi connectivity index (χ1) is 23.1. The molecule has 3 aliphatic rings. The van der Waals surface area contributed by atoms with Gasteiger partial charge in [-0.25, -0.2) is 0 Å². The van der Waals surface area contributed by atoms with Gasteiger partial charge in [0.15, 0.2) is 0 Å². The van der Waals surface area contributed by atoms with Crippen molar-refractivity contribution in [1.29, 1.82) is 0 Å². The van der Waals surface area contributed by atoms with E-state index >= 15 is 0 Å². The number of nitrogens with zero attached hydrogens (tertiary/aromatic N) is 2. The molecule has 0 spiro atoms. The second kappa shape index (κ2) is 16.5. The first-order valence-corrected chi connectivity index (χ1v) is 17.9. The van der Waals surface area contributed by atoms with Gasteiger partial charge < -0.3 is 29.9 Å². The molecule has 0 amide bonds. The van der Waals surface area contributed by atoms with Crippen LogP contribution in [0.25, 0.3) is 0 Å². The normalized spacial score (nSPS) is 15.0. The Morgan fingerprint density at radius 2 is 0.729 bits per heavy atom. The van der Waals surface area contributed by atoms with Crippen molar-refractivity contribution in [2.45, 2.75) is 64.8 Å². The number of aromatic hydroxyl groups is 4. The summed E-state index contributed by atoms with van der Waals surface area (Å²) in [6.07, 6.45) is 5.11. The van der Waals surface area contributed by atoms with Gasteiger partial charge in [-0.1, -0.05) is 59.2 Å². The van der Waals surface area contributed by atoms with Crippen molar-refractivity contribution in [3.05, 3.63) is 80.9 Å². The van der Waals surface area contributed by atoms with Gasteiger partial charge in [0.1, 0.15) is 23.0 Å². The van der Waals surface area contributed by atoms with Crippen molar-refractivity contribution >= 4 is 58.4 Å². The molecule has 252 valence electrons. The van der Waals surface area contributed by atoms with Crippen LogP contribution < -0.4 is 0 Å². The molecule has 0 unspecified atom stereocenters. The fraction of sp³-hybridized carbons (Fsp3) is 0.250. The average Bonchev–Trinajstić information content (AvgIpc) is 3.84. The second-order valence-corrected chi connectivity index (χ2v) is 14.7. The Labute approximate surface area is 292 Å². The number of fused-ring (bicyclic) bond motifs is 8. The summed E-state index contributed by atoms with van der Waals surface area (Å²) in [4.78, 5) is 23.4. The van der Waals surface area contributed by atoms with E-state index in [0.29, 0.717) is 0 Å². The number of nitro benzene ring substituents is 2. The van der Waals surface area contributed by atoms with Crippen LogP contribution in [0.2, 0.25) is 0 Å². The number of phenols is 4. The van der Waals surface area contributed by atoms with Gasteiger partial charge >= 0.3 is 0 Å².